The number of rotatable bonds is 5. The van der Waals surface area contributed by atoms with Crippen molar-refractivity contribution in [3.8, 4) is 0 Å². The van der Waals surface area contributed by atoms with Gasteiger partial charge in [-0.3, -0.25) is 14.6 Å². The van der Waals surface area contributed by atoms with Crippen molar-refractivity contribution in [2.45, 2.75) is 51.2 Å². The molecule has 1 N–H and O–H groups in total. The Hall–Kier alpha value is -2.35. The van der Waals surface area contributed by atoms with Gasteiger partial charge in [0.1, 0.15) is 6.04 Å². The average Bonchev–Trinajstić information content (AvgIpc) is 3.23. The van der Waals surface area contributed by atoms with Crippen LogP contribution in [0.1, 0.15) is 55.7 Å². The highest BCUT2D eigenvalue weighted by atomic mass is 32.1. The van der Waals surface area contributed by atoms with Gasteiger partial charge in [0.25, 0.3) is 5.91 Å². The second-order valence-corrected chi connectivity index (χ2v) is 7.77. The number of hydrogen-bond acceptors (Lipinski definition) is 6. The van der Waals surface area contributed by atoms with Crippen molar-refractivity contribution in [2.75, 3.05) is 0 Å². The fraction of sp³-hybridized carbons (Fsp3) is 0.471. The van der Waals surface area contributed by atoms with E-state index < -0.39 is 11.6 Å². The van der Waals surface area contributed by atoms with Crippen molar-refractivity contribution >= 4 is 23.3 Å². The SMILES string of the molecule is CC(C)(C)NC(=O)[C@H](c1cccnc1)N(C(=O)c1csnn1)C1CC1. The summed E-state index contributed by atoms with van der Waals surface area (Å²) in [5.74, 6) is -0.488. The number of pyridine rings is 1. The smallest absolute Gasteiger partial charge is 0.276 e. The van der Waals surface area contributed by atoms with Crippen molar-refractivity contribution in [1.29, 1.82) is 0 Å². The molecule has 0 saturated heterocycles. The normalized spacial score (nSPS) is 15.5. The van der Waals surface area contributed by atoms with Crippen molar-refractivity contribution in [3.05, 3.63) is 41.2 Å². The minimum absolute atomic E-state index is 0.0325. The summed E-state index contributed by atoms with van der Waals surface area (Å²) >= 11 is 1.12. The Morgan fingerprint density at radius 3 is 2.64 bits per heavy atom. The average molecular weight is 359 g/mol. The van der Waals surface area contributed by atoms with Crippen LogP contribution >= 0.6 is 11.5 Å². The first-order valence-electron chi connectivity index (χ1n) is 8.18. The molecule has 8 heteroatoms. The number of nitrogens with one attached hydrogen (secondary N) is 1. The lowest BCUT2D eigenvalue weighted by atomic mass is 10.0. The second-order valence-electron chi connectivity index (χ2n) is 7.16. The maximum Gasteiger partial charge on any atom is 0.276 e. The predicted molar refractivity (Wildman–Crippen MR) is 94.0 cm³/mol. The van der Waals surface area contributed by atoms with Crippen LogP contribution in [0.15, 0.2) is 29.9 Å². The summed E-state index contributed by atoms with van der Waals surface area (Å²) in [6, 6.07) is 2.88. The van der Waals surface area contributed by atoms with Crippen LogP contribution in [0.25, 0.3) is 0 Å². The number of carbonyl (C=O) groups excluding carboxylic acids is 2. The zero-order chi connectivity index (χ0) is 18.0. The van der Waals surface area contributed by atoms with Crippen molar-refractivity contribution < 1.29 is 9.59 Å². The van der Waals surface area contributed by atoms with Gasteiger partial charge >= 0.3 is 0 Å². The molecule has 0 spiro atoms. The highest BCUT2D eigenvalue weighted by molar-refractivity contribution is 7.03. The monoisotopic (exact) mass is 359 g/mol. The molecule has 0 unspecified atom stereocenters. The largest absolute Gasteiger partial charge is 0.349 e. The van der Waals surface area contributed by atoms with Gasteiger partial charge in [-0.25, -0.2) is 0 Å². The molecule has 3 rings (SSSR count). The molecule has 2 amide bonds. The lowest BCUT2D eigenvalue weighted by Crippen LogP contribution is -2.50. The number of hydrogen-bond donors (Lipinski definition) is 1. The molecule has 132 valence electrons. The highest BCUT2D eigenvalue weighted by Crippen LogP contribution is 2.36. The van der Waals surface area contributed by atoms with E-state index in [1.165, 1.54) is 0 Å². The second kappa shape index (κ2) is 6.87. The summed E-state index contributed by atoms with van der Waals surface area (Å²) in [5.41, 5.74) is 0.555. The molecular formula is C17H21N5O2S. The van der Waals surface area contributed by atoms with Crippen LogP contribution < -0.4 is 5.32 Å². The van der Waals surface area contributed by atoms with Crippen molar-refractivity contribution in [3.63, 3.8) is 0 Å². The van der Waals surface area contributed by atoms with Crippen LogP contribution in [-0.2, 0) is 4.79 Å². The lowest BCUT2D eigenvalue weighted by Gasteiger charge is -2.33. The maximum atomic E-state index is 13.0. The summed E-state index contributed by atoms with van der Waals surface area (Å²) in [4.78, 5) is 31.8. The predicted octanol–water partition coefficient (Wildman–Crippen LogP) is 2.19. The van der Waals surface area contributed by atoms with Crippen LogP contribution in [0.5, 0.6) is 0 Å². The zero-order valence-corrected chi connectivity index (χ0v) is 15.3. The molecule has 0 aromatic carbocycles. The van der Waals surface area contributed by atoms with Gasteiger partial charge in [0.15, 0.2) is 5.69 Å². The van der Waals surface area contributed by atoms with E-state index in [0.29, 0.717) is 5.56 Å². The molecule has 1 aliphatic rings. The molecule has 1 aliphatic carbocycles. The summed E-state index contributed by atoms with van der Waals surface area (Å²) in [6.07, 6.45) is 5.04. The van der Waals surface area contributed by atoms with Crippen LogP contribution in [0.2, 0.25) is 0 Å². The number of nitrogens with zero attached hydrogens (tertiary/aromatic N) is 4. The van der Waals surface area contributed by atoms with E-state index in [1.807, 2.05) is 26.8 Å². The Labute approximate surface area is 150 Å². The zero-order valence-electron chi connectivity index (χ0n) is 14.5. The van der Waals surface area contributed by atoms with Crippen LogP contribution in [-0.4, -0.2) is 42.9 Å². The molecule has 0 bridgehead atoms. The van der Waals surface area contributed by atoms with E-state index in [4.69, 9.17) is 0 Å². The van der Waals surface area contributed by atoms with E-state index in [-0.39, 0.29) is 23.6 Å². The molecule has 7 nitrogen and oxygen atoms in total. The highest BCUT2D eigenvalue weighted by Gasteiger charge is 2.43. The first-order chi connectivity index (χ1) is 11.9. The van der Waals surface area contributed by atoms with Gasteiger partial charge in [0.05, 0.1) is 0 Å². The Bertz CT molecular complexity index is 738. The molecule has 1 atom stereocenters. The van der Waals surface area contributed by atoms with Gasteiger partial charge in [-0.05, 0) is 51.2 Å². The fourth-order valence-electron chi connectivity index (χ4n) is 2.65. The Morgan fingerprint density at radius 1 is 1.36 bits per heavy atom. The molecule has 2 aromatic rings. The van der Waals surface area contributed by atoms with Crippen molar-refractivity contribution in [2.24, 2.45) is 0 Å². The number of carbonyl (C=O) groups is 2. The minimum Gasteiger partial charge on any atom is -0.349 e. The van der Waals surface area contributed by atoms with Gasteiger partial charge < -0.3 is 10.2 Å². The first kappa shape index (κ1) is 17.5. The van der Waals surface area contributed by atoms with E-state index in [9.17, 15) is 9.59 Å². The Kier molecular flexibility index (Phi) is 4.80. The van der Waals surface area contributed by atoms with Gasteiger partial charge in [-0.2, -0.15) is 0 Å². The summed E-state index contributed by atoms with van der Waals surface area (Å²) in [6.45, 7) is 5.75. The first-order valence-corrected chi connectivity index (χ1v) is 9.02. The molecule has 1 fully saturated rings. The lowest BCUT2D eigenvalue weighted by molar-refractivity contribution is -0.127. The van der Waals surface area contributed by atoms with Gasteiger partial charge in [0, 0.05) is 34.9 Å². The third-order valence-electron chi connectivity index (χ3n) is 3.78. The standard InChI is InChI=1S/C17H21N5O2S/c1-17(2,3)19-15(23)14(11-5-4-8-18-9-11)22(12-6-7-12)16(24)13-10-25-21-20-13/h4-5,8-10,12,14H,6-7H2,1-3H3,(H,19,23)/t14-/m0/s1. The number of aromatic nitrogens is 3. The topological polar surface area (TPSA) is 88.1 Å². The van der Waals surface area contributed by atoms with Gasteiger partial charge in [-0.1, -0.05) is 10.6 Å². The summed E-state index contributed by atoms with van der Waals surface area (Å²) in [7, 11) is 0. The van der Waals surface area contributed by atoms with Crippen LogP contribution in [0.4, 0.5) is 0 Å². The van der Waals surface area contributed by atoms with Crippen LogP contribution in [0, 0.1) is 0 Å². The van der Waals surface area contributed by atoms with E-state index in [2.05, 4.69) is 19.9 Å². The fourth-order valence-corrected chi connectivity index (χ4v) is 3.08. The maximum absolute atomic E-state index is 13.0. The third kappa shape index (κ3) is 4.19. The third-order valence-corrected chi connectivity index (χ3v) is 4.28. The summed E-state index contributed by atoms with van der Waals surface area (Å²) < 4.78 is 3.77. The molecule has 2 aromatic heterocycles. The minimum atomic E-state index is -0.741. The molecule has 0 aliphatic heterocycles. The molecule has 25 heavy (non-hydrogen) atoms. The van der Waals surface area contributed by atoms with Crippen molar-refractivity contribution in [1.82, 2.24) is 24.8 Å². The quantitative estimate of drug-likeness (QED) is 0.884. The van der Waals surface area contributed by atoms with E-state index >= 15 is 0 Å². The molecule has 0 radical (unpaired) electrons. The van der Waals surface area contributed by atoms with E-state index in [1.54, 1.807) is 28.7 Å². The molecule has 2 heterocycles. The summed E-state index contributed by atoms with van der Waals surface area (Å²) in [5, 5.41) is 8.48. The van der Waals surface area contributed by atoms with Gasteiger partial charge in [-0.15, -0.1) is 5.10 Å². The Balaban J connectivity index is 1.99. The van der Waals surface area contributed by atoms with Gasteiger partial charge in [0.2, 0.25) is 5.91 Å². The molecule has 1 saturated carbocycles. The Morgan fingerprint density at radius 2 is 2.12 bits per heavy atom. The van der Waals surface area contributed by atoms with Crippen LogP contribution in [0.3, 0.4) is 0 Å². The molecular weight excluding hydrogens is 338 g/mol. The number of amides is 2. The van der Waals surface area contributed by atoms with E-state index in [0.717, 1.165) is 24.4 Å².